The van der Waals surface area contributed by atoms with Gasteiger partial charge in [0.2, 0.25) is 0 Å². The Morgan fingerprint density at radius 1 is 0.560 bits per heavy atom. The largest absolute Gasteiger partial charge is 1.00 e. The van der Waals surface area contributed by atoms with Gasteiger partial charge in [-0.05, 0) is 49.4 Å². The van der Waals surface area contributed by atoms with Gasteiger partial charge in [-0.3, -0.25) is 0 Å². The molecule has 0 saturated carbocycles. The van der Waals surface area contributed by atoms with Gasteiger partial charge in [0.15, 0.2) is 0 Å². The molecule has 0 N–H and O–H groups in total. The molecule has 0 aliphatic carbocycles. The molecule has 25 heavy (non-hydrogen) atoms. The predicted molar refractivity (Wildman–Crippen MR) is 109 cm³/mol. The molecule has 0 amide bonds. The molecule has 3 aromatic rings. The van der Waals surface area contributed by atoms with Gasteiger partial charge < -0.3 is 12.4 Å². The van der Waals surface area contributed by atoms with Crippen molar-refractivity contribution in [3.63, 3.8) is 0 Å². The van der Waals surface area contributed by atoms with Crippen LogP contribution < -0.4 is 28.3 Å². The van der Waals surface area contributed by atoms with Gasteiger partial charge in [0.1, 0.15) is 23.2 Å². The lowest BCUT2D eigenvalue weighted by atomic mass is 10.4. The summed E-state index contributed by atoms with van der Waals surface area (Å²) >= 11 is 0. The van der Waals surface area contributed by atoms with E-state index in [-0.39, 0.29) is 12.4 Å². The minimum Gasteiger partial charge on any atom is -1.00 e. The average molecular weight is 365 g/mol. The van der Waals surface area contributed by atoms with Gasteiger partial charge in [0, 0.05) is 0 Å². The lowest BCUT2D eigenvalue weighted by Crippen LogP contribution is -3.00. The van der Waals surface area contributed by atoms with Crippen LogP contribution in [0, 0.1) is 0 Å². The second-order valence-electron chi connectivity index (χ2n) is 5.60. The van der Waals surface area contributed by atoms with Crippen molar-refractivity contribution in [1.82, 2.24) is 0 Å². The second-order valence-corrected chi connectivity index (χ2v) is 8.89. The zero-order valence-corrected chi connectivity index (χ0v) is 15.9. The number of hydrogen-bond acceptors (Lipinski definition) is 0. The maximum absolute atomic E-state index is 2.41. The zero-order valence-electron chi connectivity index (χ0n) is 14.3. The summed E-state index contributed by atoms with van der Waals surface area (Å²) in [7, 11) is -1.81. The molecular weight excluding hydrogens is 343 g/mol. The van der Waals surface area contributed by atoms with E-state index in [0.717, 1.165) is 0 Å². The Hall–Kier alpha value is -2.14. The highest BCUT2D eigenvalue weighted by Crippen LogP contribution is 2.56. The van der Waals surface area contributed by atoms with Crippen LogP contribution in [0.2, 0.25) is 0 Å². The van der Waals surface area contributed by atoms with Crippen LogP contribution in [0.15, 0.2) is 115 Å². The van der Waals surface area contributed by atoms with Crippen molar-refractivity contribution in [3.05, 3.63) is 115 Å². The number of halogens is 1. The van der Waals surface area contributed by atoms with Gasteiger partial charge in [-0.2, -0.15) is 0 Å². The normalized spacial score (nSPS) is 11.6. The van der Waals surface area contributed by atoms with E-state index in [1.807, 2.05) is 0 Å². The van der Waals surface area contributed by atoms with Crippen LogP contribution in [0.4, 0.5) is 0 Å². The lowest BCUT2D eigenvalue weighted by Gasteiger charge is -2.23. The number of benzene rings is 3. The minimum atomic E-state index is -1.81. The first-order chi connectivity index (χ1) is 11.9. The third kappa shape index (κ3) is 4.10. The topological polar surface area (TPSA) is 0 Å². The molecule has 0 fully saturated rings. The van der Waals surface area contributed by atoms with E-state index in [1.54, 1.807) is 0 Å². The maximum atomic E-state index is 2.41. The van der Waals surface area contributed by atoms with Crippen LogP contribution in [0.1, 0.15) is 6.92 Å². The van der Waals surface area contributed by atoms with E-state index in [9.17, 15) is 0 Å². The number of allylic oxidation sites excluding steroid dienone is 3. The van der Waals surface area contributed by atoms with Gasteiger partial charge in [-0.1, -0.05) is 66.7 Å². The van der Waals surface area contributed by atoms with Gasteiger partial charge in [0.25, 0.3) is 0 Å². The van der Waals surface area contributed by atoms with E-state index >= 15 is 0 Å². The van der Waals surface area contributed by atoms with Gasteiger partial charge >= 0.3 is 0 Å². The Labute approximate surface area is 157 Å². The molecular formula is C23H22ClP. The minimum absolute atomic E-state index is 0. The fourth-order valence-electron chi connectivity index (χ4n) is 2.98. The predicted octanol–water partition coefficient (Wildman–Crippen LogP) is 2.07. The molecule has 3 rings (SSSR count). The molecule has 0 bridgehead atoms. The fourth-order valence-corrected chi connectivity index (χ4v) is 6.68. The van der Waals surface area contributed by atoms with Crippen LogP contribution in [0.25, 0.3) is 0 Å². The number of hydrogen-bond donors (Lipinski definition) is 0. The SMILES string of the molecule is C/C=C/C=C/[P+](c1ccccc1)(c1ccccc1)c1ccccc1.[Cl-]. The standard InChI is InChI=1S/C23H22P.ClH/c1-2-3-13-20-24(21-14-7-4-8-15-21,22-16-9-5-10-17-22)23-18-11-6-12-19-23;/h2-20H,1H3;1H/q+1;/p-1/b3-2+,20-13+;. The quantitative estimate of drug-likeness (QED) is 0.480. The molecule has 3 aromatic carbocycles. The van der Waals surface area contributed by atoms with Crippen molar-refractivity contribution in [3.8, 4) is 0 Å². The van der Waals surface area contributed by atoms with E-state index in [0.29, 0.717) is 0 Å². The average Bonchev–Trinajstić information content (AvgIpc) is 2.68. The van der Waals surface area contributed by atoms with Crippen molar-refractivity contribution in [1.29, 1.82) is 0 Å². The molecule has 2 heteroatoms. The summed E-state index contributed by atoms with van der Waals surface area (Å²) in [6.45, 7) is 2.05. The Morgan fingerprint density at radius 3 is 1.24 bits per heavy atom. The van der Waals surface area contributed by atoms with Crippen LogP contribution in [-0.4, -0.2) is 0 Å². The maximum Gasteiger partial charge on any atom is 0.136 e. The van der Waals surface area contributed by atoms with E-state index < -0.39 is 7.26 Å². The van der Waals surface area contributed by atoms with Crippen LogP contribution in [0.5, 0.6) is 0 Å². The molecule has 0 saturated heterocycles. The van der Waals surface area contributed by atoms with Crippen molar-refractivity contribution in [2.24, 2.45) is 0 Å². The summed E-state index contributed by atoms with van der Waals surface area (Å²) in [5, 5.41) is 4.13. The first-order valence-corrected chi connectivity index (χ1v) is 10.1. The van der Waals surface area contributed by atoms with Crippen LogP contribution in [0.3, 0.4) is 0 Å². The van der Waals surface area contributed by atoms with Gasteiger partial charge in [-0.25, -0.2) is 0 Å². The van der Waals surface area contributed by atoms with Gasteiger partial charge in [0.05, 0.1) is 5.82 Å². The molecule has 0 aliphatic heterocycles. The fraction of sp³-hybridized carbons (Fsp3) is 0.0435. The molecule has 0 atom stereocenters. The molecule has 0 aliphatic rings. The zero-order chi connectivity index (χ0) is 16.7. The first-order valence-electron chi connectivity index (χ1n) is 8.24. The van der Waals surface area contributed by atoms with Crippen molar-refractivity contribution < 1.29 is 12.4 Å². The molecule has 0 spiro atoms. The third-order valence-electron chi connectivity index (χ3n) is 4.10. The lowest BCUT2D eigenvalue weighted by molar-refractivity contribution is -0.00000466. The third-order valence-corrected chi connectivity index (χ3v) is 8.06. The second kappa shape index (κ2) is 9.37. The van der Waals surface area contributed by atoms with Gasteiger partial charge in [-0.15, -0.1) is 0 Å². The Balaban J connectivity index is 0.00000225. The van der Waals surface area contributed by atoms with E-state index in [1.165, 1.54) is 15.9 Å². The highest BCUT2D eigenvalue weighted by Gasteiger charge is 2.42. The highest BCUT2D eigenvalue weighted by molar-refractivity contribution is 7.98. The summed E-state index contributed by atoms with van der Waals surface area (Å²) in [6, 6.07) is 32.6. The molecule has 0 aromatic heterocycles. The Kier molecular flexibility index (Phi) is 7.19. The molecule has 0 unspecified atom stereocenters. The summed E-state index contributed by atoms with van der Waals surface area (Å²) < 4.78 is 0. The van der Waals surface area contributed by atoms with Crippen LogP contribution in [-0.2, 0) is 0 Å². The summed E-state index contributed by atoms with van der Waals surface area (Å²) in [5.74, 6) is 2.41. The molecule has 0 nitrogen and oxygen atoms in total. The van der Waals surface area contributed by atoms with Crippen molar-refractivity contribution in [2.75, 3.05) is 0 Å². The van der Waals surface area contributed by atoms with E-state index in [2.05, 4.69) is 122 Å². The first kappa shape index (κ1) is 19.2. The Morgan fingerprint density at radius 2 is 0.920 bits per heavy atom. The smallest absolute Gasteiger partial charge is 0.136 e. The van der Waals surface area contributed by atoms with Crippen molar-refractivity contribution >= 4 is 23.2 Å². The molecule has 126 valence electrons. The monoisotopic (exact) mass is 364 g/mol. The molecule has 0 radical (unpaired) electrons. The van der Waals surface area contributed by atoms with Crippen LogP contribution >= 0.6 is 7.26 Å². The van der Waals surface area contributed by atoms with Crippen molar-refractivity contribution in [2.45, 2.75) is 6.92 Å². The Bertz CT molecular complexity index is 712. The number of rotatable bonds is 5. The van der Waals surface area contributed by atoms with E-state index in [4.69, 9.17) is 0 Å². The summed E-state index contributed by atoms with van der Waals surface area (Å²) in [4.78, 5) is 0. The summed E-state index contributed by atoms with van der Waals surface area (Å²) in [6.07, 6.45) is 6.39. The summed E-state index contributed by atoms with van der Waals surface area (Å²) in [5.41, 5.74) is 0. The molecule has 0 heterocycles. The highest BCUT2D eigenvalue weighted by atomic mass is 35.5.